The van der Waals surface area contributed by atoms with Gasteiger partial charge in [0.25, 0.3) is 0 Å². The molecule has 0 amide bonds. The quantitative estimate of drug-likeness (QED) is 0.727. The molecule has 0 unspecified atom stereocenters. The smallest absolute Gasteiger partial charge is 0.310 e. The van der Waals surface area contributed by atoms with Gasteiger partial charge in [-0.05, 0) is 12.6 Å². The molecule has 2 N–H and O–H groups in total. The molecule has 0 aliphatic rings. The van der Waals surface area contributed by atoms with Gasteiger partial charge in [-0.2, -0.15) is 0 Å². The minimum Gasteiger partial charge on any atom is -0.481 e. The topological polar surface area (TPSA) is 58.6 Å². The predicted octanol–water partition coefficient (Wildman–Crippen LogP) is 1.12. The Bertz CT molecular complexity index is 313. The minimum absolute atomic E-state index is 0.227. The number of benzene rings is 1. The van der Waals surface area contributed by atoms with Gasteiger partial charge in [0.15, 0.2) is 0 Å². The number of hydrogen-bond donors (Lipinski definition) is 2. The SMILES string of the molecule is CNC[C@@H](COCc1ccccc1)C(=O)O. The van der Waals surface area contributed by atoms with Crippen molar-refractivity contribution in [3.8, 4) is 0 Å². The Morgan fingerprint density at radius 3 is 2.69 bits per heavy atom. The third-order valence-corrected chi connectivity index (χ3v) is 2.23. The zero-order valence-corrected chi connectivity index (χ0v) is 9.35. The van der Waals surface area contributed by atoms with E-state index in [0.29, 0.717) is 13.2 Å². The van der Waals surface area contributed by atoms with Crippen molar-refractivity contribution in [1.82, 2.24) is 5.32 Å². The number of carboxylic acids is 1. The molecule has 0 aliphatic heterocycles. The van der Waals surface area contributed by atoms with Gasteiger partial charge in [0, 0.05) is 6.54 Å². The molecule has 0 aliphatic carbocycles. The lowest BCUT2D eigenvalue weighted by atomic mass is 10.1. The van der Waals surface area contributed by atoms with E-state index >= 15 is 0 Å². The van der Waals surface area contributed by atoms with E-state index in [9.17, 15) is 4.79 Å². The van der Waals surface area contributed by atoms with Crippen molar-refractivity contribution in [1.29, 1.82) is 0 Å². The van der Waals surface area contributed by atoms with Crippen molar-refractivity contribution >= 4 is 5.97 Å². The number of ether oxygens (including phenoxy) is 1. The van der Waals surface area contributed by atoms with Crippen molar-refractivity contribution < 1.29 is 14.6 Å². The van der Waals surface area contributed by atoms with Crippen LogP contribution in [0.1, 0.15) is 5.56 Å². The molecule has 1 aromatic carbocycles. The first-order chi connectivity index (χ1) is 7.74. The van der Waals surface area contributed by atoms with Gasteiger partial charge in [-0.1, -0.05) is 30.3 Å². The van der Waals surface area contributed by atoms with Gasteiger partial charge in [-0.3, -0.25) is 4.79 Å². The number of rotatable bonds is 7. The molecule has 0 saturated carbocycles. The summed E-state index contributed by atoms with van der Waals surface area (Å²) in [6.45, 7) is 1.10. The molecule has 0 heterocycles. The molecule has 0 bridgehead atoms. The maximum atomic E-state index is 10.8. The maximum Gasteiger partial charge on any atom is 0.310 e. The average molecular weight is 223 g/mol. The highest BCUT2D eigenvalue weighted by molar-refractivity contribution is 5.70. The first-order valence-electron chi connectivity index (χ1n) is 5.23. The normalized spacial score (nSPS) is 12.3. The first-order valence-corrected chi connectivity index (χ1v) is 5.23. The van der Waals surface area contributed by atoms with Gasteiger partial charge in [-0.25, -0.2) is 0 Å². The molecular weight excluding hydrogens is 206 g/mol. The van der Waals surface area contributed by atoms with Crippen LogP contribution in [0.3, 0.4) is 0 Å². The number of nitrogens with one attached hydrogen (secondary N) is 1. The number of aliphatic carboxylic acids is 1. The second-order valence-corrected chi connectivity index (χ2v) is 3.59. The summed E-state index contributed by atoms with van der Waals surface area (Å²) in [5, 5.41) is 11.7. The van der Waals surface area contributed by atoms with E-state index in [2.05, 4.69) is 5.32 Å². The van der Waals surface area contributed by atoms with Crippen molar-refractivity contribution in [2.24, 2.45) is 5.92 Å². The van der Waals surface area contributed by atoms with Crippen LogP contribution in [0.2, 0.25) is 0 Å². The van der Waals surface area contributed by atoms with Gasteiger partial charge in [0.05, 0.1) is 19.1 Å². The van der Waals surface area contributed by atoms with Gasteiger partial charge >= 0.3 is 5.97 Å². The monoisotopic (exact) mass is 223 g/mol. The Balaban J connectivity index is 2.31. The number of carboxylic acid groups (broad SMARTS) is 1. The zero-order valence-electron chi connectivity index (χ0n) is 9.35. The molecule has 0 spiro atoms. The third kappa shape index (κ3) is 4.42. The molecule has 0 aromatic heterocycles. The van der Waals surface area contributed by atoms with E-state index in [1.165, 1.54) is 0 Å². The molecule has 4 nitrogen and oxygen atoms in total. The second-order valence-electron chi connectivity index (χ2n) is 3.59. The molecule has 1 aromatic rings. The van der Waals surface area contributed by atoms with Crippen LogP contribution in [-0.4, -0.2) is 31.3 Å². The lowest BCUT2D eigenvalue weighted by Gasteiger charge is -2.12. The van der Waals surface area contributed by atoms with Gasteiger partial charge in [0.2, 0.25) is 0 Å². The van der Waals surface area contributed by atoms with Gasteiger partial charge < -0.3 is 15.2 Å². The fraction of sp³-hybridized carbons (Fsp3) is 0.417. The Hall–Kier alpha value is -1.39. The Morgan fingerprint density at radius 2 is 2.12 bits per heavy atom. The first kappa shape index (κ1) is 12.7. The minimum atomic E-state index is -0.831. The lowest BCUT2D eigenvalue weighted by molar-refractivity contribution is -0.143. The number of hydrogen-bond acceptors (Lipinski definition) is 3. The van der Waals surface area contributed by atoms with Crippen LogP contribution in [0.5, 0.6) is 0 Å². The van der Waals surface area contributed by atoms with E-state index in [1.807, 2.05) is 30.3 Å². The van der Waals surface area contributed by atoms with Crippen LogP contribution in [0.4, 0.5) is 0 Å². The highest BCUT2D eigenvalue weighted by Gasteiger charge is 2.16. The maximum absolute atomic E-state index is 10.8. The number of carbonyl (C=O) groups is 1. The summed E-state index contributed by atoms with van der Waals surface area (Å²) in [7, 11) is 1.73. The average Bonchev–Trinajstić information content (AvgIpc) is 2.29. The summed E-state index contributed by atoms with van der Waals surface area (Å²) in [6.07, 6.45) is 0. The Kier molecular flexibility index (Phi) is 5.53. The Morgan fingerprint density at radius 1 is 1.44 bits per heavy atom. The standard InChI is InChI=1S/C12H17NO3/c1-13-7-11(12(14)15)9-16-8-10-5-3-2-4-6-10/h2-6,11,13H,7-9H2,1H3,(H,14,15)/t11-/m0/s1. The molecule has 16 heavy (non-hydrogen) atoms. The van der Waals surface area contributed by atoms with Gasteiger partial charge in [0.1, 0.15) is 0 Å². The highest BCUT2D eigenvalue weighted by Crippen LogP contribution is 2.03. The molecular formula is C12H17NO3. The lowest BCUT2D eigenvalue weighted by Crippen LogP contribution is -2.29. The molecule has 1 rings (SSSR count). The molecule has 4 heteroatoms. The summed E-state index contributed by atoms with van der Waals surface area (Å²) >= 11 is 0. The summed E-state index contributed by atoms with van der Waals surface area (Å²) in [4.78, 5) is 10.8. The predicted molar refractivity (Wildman–Crippen MR) is 61.2 cm³/mol. The third-order valence-electron chi connectivity index (χ3n) is 2.23. The second kappa shape index (κ2) is 6.98. The fourth-order valence-electron chi connectivity index (χ4n) is 1.36. The van der Waals surface area contributed by atoms with Crippen LogP contribution < -0.4 is 5.32 Å². The van der Waals surface area contributed by atoms with Crippen LogP contribution in [0.15, 0.2) is 30.3 Å². The summed E-state index contributed by atoms with van der Waals surface area (Å²) in [5.41, 5.74) is 1.05. The van der Waals surface area contributed by atoms with Crippen molar-refractivity contribution in [3.05, 3.63) is 35.9 Å². The molecule has 88 valence electrons. The highest BCUT2D eigenvalue weighted by atomic mass is 16.5. The van der Waals surface area contributed by atoms with E-state index in [4.69, 9.17) is 9.84 Å². The summed E-state index contributed by atoms with van der Waals surface area (Å²) < 4.78 is 5.37. The fourth-order valence-corrected chi connectivity index (χ4v) is 1.36. The molecule has 0 fully saturated rings. The zero-order chi connectivity index (χ0) is 11.8. The van der Waals surface area contributed by atoms with Crippen LogP contribution in [0, 0.1) is 5.92 Å². The van der Waals surface area contributed by atoms with E-state index in [1.54, 1.807) is 7.05 Å². The molecule has 0 radical (unpaired) electrons. The summed E-state index contributed by atoms with van der Waals surface area (Å²) in [6, 6.07) is 9.70. The van der Waals surface area contributed by atoms with Crippen molar-refractivity contribution in [2.45, 2.75) is 6.61 Å². The van der Waals surface area contributed by atoms with Crippen molar-refractivity contribution in [2.75, 3.05) is 20.2 Å². The van der Waals surface area contributed by atoms with E-state index in [-0.39, 0.29) is 6.61 Å². The molecule has 0 saturated heterocycles. The van der Waals surface area contributed by atoms with Gasteiger partial charge in [-0.15, -0.1) is 0 Å². The largest absolute Gasteiger partial charge is 0.481 e. The van der Waals surface area contributed by atoms with Crippen LogP contribution >= 0.6 is 0 Å². The van der Waals surface area contributed by atoms with E-state index < -0.39 is 11.9 Å². The van der Waals surface area contributed by atoms with Crippen LogP contribution in [-0.2, 0) is 16.1 Å². The Labute approximate surface area is 95.2 Å². The van der Waals surface area contributed by atoms with Crippen LogP contribution in [0.25, 0.3) is 0 Å². The van der Waals surface area contributed by atoms with Crippen molar-refractivity contribution in [3.63, 3.8) is 0 Å². The molecule has 1 atom stereocenters. The summed E-state index contributed by atoms with van der Waals surface area (Å²) in [5.74, 6) is -1.32. The van der Waals surface area contributed by atoms with E-state index in [0.717, 1.165) is 5.56 Å².